The molecule has 0 aliphatic rings. The third-order valence-corrected chi connectivity index (χ3v) is 9.27. The molecule has 0 fully saturated rings. The molecule has 0 unspecified atom stereocenters. The summed E-state index contributed by atoms with van der Waals surface area (Å²) in [7, 11) is 0. The van der Waals surface area contributed by atoms with E-state index < -0.39 is 0 Å². The average molecular weight is 577 g/mol. The molecule has 3 aromatic heterocycles. The lowest BCUT2D eigenvalue weighted by Gasteiger charge is -2.18. The van der Waals surface area contributed by atoms with Crippen LogP contribution >= 0.6 is 34.0 Å². The summed E-state index contributed by atoms with van der Waals surface area (Å²) in [6, 6.07) is 5.95. The fourth-order valence-corrected chi connectivity index (χ4v) is 6.83. The predicted molar refractivity (Wildman–Crippen MR) is 171 cm³/mol. The van der Waals surface area contributed by atoms with Gasteiger partial charge in [-0.1, -0.05) is 69.7 Å². The fourth-order valence-electron chi connectivity index (χ4n) is 3.67. The Bertz CT molecular complexity index is 1150. The quantitative estimate of drug-likeness (QED) is 0.291. The van der Waals surface area contributed by atoms with Gasteiger partial charge in [0, 0.05) is 25.8 Å². The highest BCUT2D eigenvalue weighted by Crippen LogP contribution is 2.34. The molecule has 6 heteroatoms. The third kappa shape index (κ3) is 10.3. The van der Waals surface area contributed by atoms with Crippen LogP contribution in [0.3, 0.4) is 0 Å². The molecular weight excluding hydrogens is 529 g/mol. The Morgan fingerprint density at radius 2 is 1.11 bits per heavy atom. The second-order valence-corrected chi connectivity index (χ2v) is 15.4. The van der Waals surface area contributed by atoms with E-state index in [2.05, 4.69) is 62.3 Å². The molecule has 3 rings (SSSR count). The van der Waals surface area contributed by atoms with Crippen molar-refractivity contribution in [3.8, 4) is 0 Å². The van der Waals surface area contributed by atoms with E-state index in [-0.39, 0.29) is 41.0 Å². The zero-order chi connectivity index (χ0) is 28.9. The number of Topliss-reactive ketones (excluding diaryl/α,β-unsaturated/α-hetero) is 3. The number of aryl methyl sites for hydroxylation is 1. The SMILES string of the molecule is C.CC(=O)c1cc(C)sc1C(C)(C)C.CC(=O)c1ccsc1C(C)(C)C.CC(=O)c1sccc1C(C)(C)C. The number of hydrogen-bond acceptors (Lipinski definition) is 6. The Kier molecular flexibility index (Phi) is 13.3. The molecule has 3 aromatic rings. The van der Waals surface area contributed by atoms with Crippen molar-refractivity contribution >= 4 is 51.4 Å². The summed E-state index contributed by atoms with van der Waals surface area (Å²) >= 11 is 4.93. The smallest absolute Gasteiger partial charge is 0.170 e. The van der Waals surface area contributed by atoms with E-state index in [4.69, 9.17) is 0 Å². The first-order valence-corrected chi connectivity index (χ1v) is 15.0. The molecule has 3 heterocycles. The predicted octanol–water partition coefficient (Wildman–Crippen LogP) is 10.7. The van der Waals surface area contributed by atoms with Crippen molar-refractivity contribution in [3.05, 3.63) is 65.2 Å². The normalized spacial score (nSPS) is 11.4. The molecule has 3 nitrogen and oxygen atoms in total. The molecule has 0 bridgehead atoms. The monoisotopic (exact) mass is 576 g/mol. The first-order valence-electron chi connectivity index (χ1n) is 12.5. The first-order chi connectivity index (χ1) is 16.7. The van der Waals surface area contributed by atoms with Crippen molar-refractivity contribution in [2.24, 2.45) is 0 Å². The van der Waals surface area contributed by atoms with Gasteiger partial charge in [0.2, 0.25) is 0 Å². The molecule has 0 aliphatic heterocycles. The van der Waals surface area contributed by atoms with Crippen LogP contribution in [0.5, 0.6) is 0 Å². The topological polar surface area (TPSA) is 51.2 Å². The van der Waals surface area contributed by atoms with E-state index in [1.54, 1.807) is 43.4 Å². The fraction of sp³-hybridized carbons (Fsp3) is 0.531. The molecule has 0 aromatic carbocycles. The van der Waals surface area contributed by atoms with Crippen LogP contribution in [0.2, 0.25) is 0 Å². The van der Waals surface area contributed by atoms with E-state index in [0.29, 0.717) is 0 Å². The number of hydrogen-bond donors (Lipinski definition) is 0. The van der Waals surface area contributed by atoms with Crippen molar-refractivity contribution < 1.29 is 14.4 Å². The van der Waals surface area contributed by atoms with Gasteiger partial charge in [-0.15, -0.1) is 34.0 Å². The summed E-state index contributed by atoms with van der Waals surface area (Å²) < 4.78 is 0. The molecule has 0 atom stereocenters. The maximum atomic E-state index is 11.3. The number of thiophene rings is 3. The Hall–Kier alpha value is -1.89. The number of rotatable bonds is 3. The highest BCUT2D eigenvalue weighted by atomic mass is 32.1. The lowest BCUT2D eigenvalue weighted by molar-refractivity contribution is 0.100. The van der Waals surface area contributed by atoms with Crippen molar-refractivity contribution in [1.82, 2.24) is 0 Å². The van der Waals surface area contributed by atoms with Gasteiger partial charge in [-0.05, 0) is 78.5 Å². The molecule has 0 spiro atoms. The largest absolute Gasteiger partial charge is 0.294 e. The van der Waals surface area contributed by atoms with Gasteiger partial charge in [-0.3, -0.25) is 14.4 Å². The van der Waals surface area contributed by atoms with Gasteiger partial charge < -0.3 is 0 Å². The lowest BCUT2D eigenvalue weighted by atomic mass is 9.87. The Morgan fingerprint density at radius 1 is 0.632 bits per heavy atom. The minimum absolute atomic E-state index is 0. The molecule has 38 heavy (non-hydrogen) atoms. The summed E-state index contributed by atoms with van der Waals surface area (Å²) in [5, 5.41) is 3.97. The third-order valence-electron chi connectivity index (χ3n) is 5.43. The highest BCUT2D eigenvalue weighted by molar-refractivity contribution is 7.12. The summed E-state index contributed by atoms with van der Waals surface area (Å²) in [5.74, 6) is 0.519. The van der Waals surface area contributed by atoms with Crippen LogP contribution < -0.4 is 0 Å². The van der Waals surface area contributed by atoms with Gasteiger partial charge >= 0.3 is 0 Å². The molecule has 0 N–H and O–H groups in total. The van der Waals surface area contributed by atoms with E-state index in [1.165, 1.54) is 31.5 Å². The summed E-state index contributed by atoms with van der Waals surface area (Å²) in [6.45, 7) is 26.1. The molecule has 212 valence electrons. The standard InChI is InChI=1S/C11H16OS.2C10H14OS.CH4/c1-7-6-9(8(2)12)10(13-7)11(3,4)5;1-7(11)9-8(5-6-12-9)10(2,3)4;1-7(11)8-5-6-12-9(8)10(2,3)4;/h6H,1-5H3;2*5-6H,1-4H3;1H4. The summed E-state index contributed by atoms with van der Waals surface area (Å²) in [6.07, 6.45) is 0. The molecule has 0 saturated heterocycles. The van der Waals surface area contributed by atoms with Crippen molar-refractivity contribution in [3.63, 3.8) is 0 Å². The van der Waals surface area contributed by atoms with Crippen LogP contribution in [-0.2, 0) is 16.2 Å². The van der Waals surface area contributed by atoms with E-state index >= 15 is 0 Å². The zero-order valence-electron chi connectivity index (χ0n) is 24.8. The number of ketones is 3. The van der Waals surface area contributed by atoms with Gasteiger partial charge in [0.05, 0.1) is 4.88 Å². The van der Waals surface area contributed by atoms with Crippen LogP contribution in [0.15, 0.2) is 29.0 Å². The minimum Gasteiger partial charge on any atom is -0.294 e. The maximum absolute atomic E-state index is 11.3. The highest BCUT2D eigenvalue weighted by Gasteiger charge is 2.23. The lowest BCUT2D eigenvalue weighted by Crippen LogP contribution is -2.13. The maximum Gasteiger partial charge on any atom is 0.170 e. The summed E-state index contributed by atoms with van der Waals surface area (Å²) in [5.41, 5.74) is 3.21. The van der Waals surface area contributed by atoms with E-state index in [9.17, 15) is 14.4 Å². The van der Waals surface area contributed by atoms with Gasteiger partial charge in [0.1, 0.15) is 0 Å². The van der Waals surface area contributed by atoms with Gasteiger partial charge in [0.25, 0.3) is 0 Å². The van der Waals surface area contributed by atoms with E-state index in [0.717, 1.165) is 16.0 Å². The Balaban J connectivity index is 0.000000534. The number of carbonyl (C=O) groups is 3. The van der Waals surface area contributed by atoms with Crippen LogP contribution in [0, 0.1) is 6.92 Å². The second kappa shape index (κ2) is 14.0. The first kappa shape index (κ1) is 36.1. The molecular formula is C32H48O3S3. The van der Waals surface area contributed by atoms with Gasteiger partial charge in [-0.2, -0.15) is 0 Å². The Morgan fingerprint density at radius 3 is 1.42 bits per heavy atom. The van der Waals surface area contributed by atoms with Crippen molar-refractivity contribution in [2.45, 2.75) is 114 Å². The molecule has 0 aliphatic carbocycles. The molecule has 0 amide bonds. The number of carbonyl (C=O) groups excluding carboxylic acids is 3. The molecule has 0 saturated carbocycles. The minimum atomic E-state index is 0. The van der Waals surface area contributed by atoms with Crippen molar-refractivity contribution in [1.29, 1.82) is 0 Å². The molecule has 0 radical (unpaired) electrons. The van der Waals surface area contributed by atoms with Crippen molar-refractivity contribution in [2.75, 3.05) is 0 Å². The average Bonchev–Trinajstić information content (AvgIpc) is 3.46. The van der Waals surface area contributed by atoms with E-state index in [1.807, 2.05) is 35.9 Å². The van der Waals surface area contributed by atoms with Crippen LogP contribution in [0.25, 0.3) is 0 Å². The van der Waals surface area contributed by atoms with Gasteiger partial charge in [-0.25, -0.2) is 0 Å². The van der Waals surface area contributed by atoms with Crippen LogP contribution in [0.4, 0.5) is 0 Å². The zero-order valence-corrected chi connectivity index (χ0v) is 27.3. The second-order valence-electron chi connectivity index (χ2n) is 12.3. The van der Waals surface area contributed by atoms with Crippen LogP contribution in [0.1, 0.15) is 141 Å². The van der Waals surface area contributed by atoms with Gasteiger partial charge in [0.15, 0.2) is 17.3 Å². The Labute approximate surface area is 243 Å². The van der Waals surface area contributed by atoms with Crippen LogP contribution in [-0.4, -0.2) is 17.3 Å². The summed E-state index contributed by atoms with van der Waals surface area (Å²) in [4.78, 5) is 38.2.